The van der Waals surface area contributed by atoms with Crippen LogP contribution >= 0.6 is 0 Å². The number of hydrogen-bond donors (Lipinski definition) is 0. The number of esters is 7. The minimum absolute atomic E-state index is 0.0222. The van der Waals surface area contributed by atoms with E-state index in [1.165, 1.54) is 6.92 Å². The molecule has 0 N–H and O–H groups in total. The number of ether oxygens (including phenoxy) is 13. The molecule has 73 heavy (non-hydrogen) atoms. The van der Waals surface area contributed by atoms with Gasteiger partial charge in [0.2, 0.25) is 0 Å². The average Bonchev–Trinajstić information content (AvgIpc) is 3.75. The molecule has 0 aromatic carbocycles. The van der Waals surface area contributed by atoms with Gasteiger partial charge in [0.05, 0.1) is 18.8 Å². The normalized spacial score (nSPS) is 44.7. The van der Waals surface area contributed by atoms with Crippen LogP contribution in [0.15, 0.2) is 0 Å². The smallest absolute Gasteiger partial charge is 0.303 e. The summed E-state index contributed by atoms with van der Waals surface area (Å²) in [5.41, 5.74) is 0.189. The van der Waals surface area contributed by atoms with Crippen LogP contribution in [0.2, 0.25) is 0 Å². The molecule has 4 saturated carbocycles. The second-order valence-electron chi connectivity index (χ2n) is 22.9. The van der Waals surface area contributed by atoms with Crippen molar-refractivity contribution < 1.29 is 95.1 Å². The highest BCUT2D eigenvalue weighted by Gasteiger charge is 2.69. The fraction of sp³-hybridized carbons (Fsp3) is 0.868. The second-order valence-corrected chi connectivity index (χ2v) is 22.9. The van der Waals surface area contributed by atoms with Gasteiger partial charge in [-0.15, -0.1) is 0 Å². The fourth-order valence-electron chi connectivity index (χ4n) is 15.1. The second kappa shape index (κ2) is 22.0. The molecule has 20 nitrogen and oxygen atoms in total. The van der Waals surface area contributed by atoms with Gasteiger partial charge in [-0.1, -0.05) is 27.7 Å². The number of rotatable bonds is 13. The third-order valence-corrected chi connectivity index (χ3v) is 18.1. The molecule has 0 amide bonds. The van der Waals surface area contributed by atoms with Crippen molar-refractivity contribution in [2.24, 2.45) is 52.3 Å². The summed E-state index contributed by atoms with van der Waals surface area (Å²) >= 11 is 0. The third-order valence-electron chi connectivity index (χ3n) is 18.1. The molecule has 0 radical (unpaired) electrons. The van der Waals surface area contributed by atoms with Crippen LogP contribution in [-0.4, -0.2) is 141 Å². The van der Waals surface area contributed by atoms with E-state index in [1.807, 2.05) is 0 Å². The maximum absolute atomic E-state index is 13.1. The molecule has 0 bridgehead atoms. The molecule has 22 atom stereocenters. The predicted octanol–water partition coefficient (Wildman–Crippen LogP) is 5.44. The molecule has 8 rings (SSSR count). The summed E-state index contributed by atoms with van der Waals surface area (Å²) in [6.07, 6.45) is -5.78. The Kier molecular flexibility index (Phi) is 16.6. The van der Waals surface area contributed by atoms with Crippen LogP contribution in [0, 0.1) is 52.3 Å². The summed E-state index contributed by atoms with van der Waals surface area (Å²) in [7, 11) is 0. The van der Waals surface area contributed by atoms with E-state index in [9.17, 15) is 33.6 Å². The van der Waals surface area contributed by atoms with Crippen molar-refractivity contribution in [1.82, 2.24) is 0 Å². The maximum atomic E-state index is 13.1. The van der Waals surface area contributed by atoms with Crippen LogP contribution in [0.1, 0.15) is 140 Å². The average molecular weight is 1040 g/mol. The van der Waals surface area contributed by atoms with Crippen molar-refractivity contribution >= 4 is 41.8 Å². The Balaban J connectivity index is 1.07. The van der Waals surface area contributed by atoms with E-state index in [0.717, 1.165) is 99.5 Å². The standard InChI is InChI=1S/C53H78O20/c1-25-14-19-53(63-22-25)26(2)42-39(73-53)21-38-36-13-12-34-20-35(15-17-51(34,10)37(36)16-18-52(38,42)11)69-49-48(46(67-32(8)59)44(65-30(6)57)40(70-49)23-61-27(3)54)72-50-47(68-33(9)60)45(66-31(7)58)43(64-29(5)56)41(71-50)24-62-28(4)55/h25-26,34-50H,12-24H2,1-11H3. The maximum Gasteiger partial charge on any atom is 0.303 e. The van der Waals surface area contributed by atoms with Crippen LogP contribution < -0.4 is 0 Å². The van der Waals surface area contributed by atoms with Gasteiger partial charge >= 0.3 is 41.8 Å². The molecule has 4 heterocycles. The number of hydrogen-bond acceptors (Lipinski definition) is 20. The summed E-state index contributed by atoms with van der Waals surface area (Å²) in [4.78, 5) is 88.3. The predicted molar refractivity (Wildman–Crippen MR) is 250 cm³/mol. The summed E-state index contributed by atoms with van der Waals surface area (Å²) < 4.78 is 79.6. The fourth-order valence-corrected chi connectivity index (χ4v) is 15.1. The number of carbonyl (C=O) groups is 7. The van der Waals surface area contributed by atoms with E-state index in [1.54, 1.807) is 0 Å². The van der Waals surface area contributed by atoms with Crippen molar-refractivity contribution in [3.8, 4) is 0 Å². The van der Waals surface area contributed by atoms with E-state index in [4.69, 9.17) is 61.6 Å². The van der Waals surface area contributed by atoms with E-state index in [0.29, 0.717) is 48.3 Å². The lowest BCUT2D eigenvalue weighted by Crippen LogP contribution is -2.67. The lowest BCUT2D eigenvalue weighted by Gasteiger charge is -2.61. The number of fused-ring (bicyclic) bond motifs is 7. The SMILES string of the molecule is CC(=O)OCC1OC(OC2C(OC3CCC4(C)C(CCC5C4CCC4(C)C5CC5OC6(CCC(C)CO6)C(C)C54)C3)OC(COC(C)=O)C(OC(C)=O)C2OC(C)=O)C(OC(C)=O)C(OC(C)=O)C1OC(C)=O. The molecular weight excluding hydrogens is 957 g/mol. The van der Waals surface area contributed by atoms with Gasteiger partial charge in [-0.25, -0.2) is 0 Å². The zero-order valence-electron chi connectivity index (χ0n) is 44.3. The molecule has 0 aromatic heterocycles. The Morgan fingerprint density at radius 3 is 1.58 bits per heavy atom. The monoisotopic (exact) mass is 1030 g/mol. The van der Waals surface area contributed by atoms with Crippen LogP contribution in [0.5, 0.6) is 0 Å². The van der Waals surface area contributed by atoms with Gasteiger partial charge in [-0.05, 0) is 104 Å². The molecular formula is C53H78O20. The minimum atomic E-state index is -1.77. The molecule has 8 aliphatic rings. The zero-order chi connectivity index (χ0) is 52.9. The van der Waals surface area contributed by atoms with Crippen molar-refractivity contribution in [1.29, 1.82) is 0 Å². The Hall–Kier alpha value is -3.95. The first-order chi connectivity index (χ1) is 34.4. The van der Waals surface area contributed by atoms with E-state index < -0.39 is 128 Å². The first-order valence-electron chi connectivity index (χ1n) is 26.5. The van der Waals surface area contributed by atoms with Crippen molar-refractivity contribution in [3.63, 3.8) is 0 Å². The lowest BCUT2D eigenvalue weighted by molar-refractivity contribution is -0.374. The van der Waals surface area contributed by atoms with Gasteiger partial charge in [0.25, 0.3) is 0 Å². The van der Waals surface area contributed by atoms with Crippen LogP contribution in [-0.2, 0) is 95.1 Å². The van der Waals surface area contributed by atoms with Gasteiger partial charge in [0, 0.05) is 60.8 Å². The summed E-state index contributed by atoms with van der Waals surface area (Å²) in [5, 5.41) is 0. The first-order valence-corrected chi connectivity index (χ1v) is 26.5. The van der Waals surface area contributed by atoms with E-state index >= 15 is 0 Å². The number of carbonyl (C=O) groups excluding carboxylic acids is 7. The minimum Gasteiger partial charge on any atom is -0.463 e. The molecule has 4 aliphatic carbocycles. The molecule has 0 aromatic rings. The molecule has 20 heteroatoms. The summed E-state index contributed by atoms with van der Waals surface area (Å²) in [6, 6.07) is 0. The zero-order valence-corrected chi connectivity index (χ0v) is 44.3. The summed E-state index contributed by atoms with van der Waals surface area (Å²) in [5.74, 6) is -2.78. The highest BCUT2D eigenvalue weighted by molar-refractivity contribution is 5.69. The molecule has 22 unspecified atom stereocenters. The van der Waals surface area contributed by atoms with Crippen molar-refractivity contribution in [3.05, 3.63) is 0 Å². The Morgan fingerprint density at radius 1 is 0.521 bits per heavy atom. The van der Waals surface area contributed by atoms with Gasteiger partial charge in [-0.2, -0.15) is 0 Å². The van der Waals surface area contributed by atoms with Crippen molar-refractivity contribution in [2.75, 3.05) is 19.8 Å². The molecule has 4 aliphatic heterocycles. The van der Waals surface area contributed by atoms with Gasteiger partial charge in [0.1, 0.15) is 25.4 Å². The van der Waals surface area contributed by atoms with E-state index in [-0.39, 0.29) is 22.9 Å². The van der Waals surface area contributed by atoms with Gasteiger partial charge in [0.15, 0.2) is 55.0 Å². The third kappa shape index (κ3) is 11.3. The topological polar surface area (TPSA) is 239 Å². The quantitative estimate of drug-likeness (QED) is 0.127. The Labute approximate surface area is 427 Å². The molecule has 410 valence electrons. The van der Waals surface area contributed by atoms with Crippen LogP contribution in [0.25, 0.3) is 0 Å². The first kappa shape index (κ1) is 55.3. The van der Waals surface area contributed by atoms with Gasteiger partial charge < -0.3 is 61.6 Å². The molecule has 1 spiro atoms. The highest BCUT2D eigenvalue weighted by Crippen LogP contribution is 2.71. The van der Waals surface area contributed by atoms with E-state index in [2.05, 4.69) is 27.7 Å². The Bertz CT molecular complexity index is 2070. The van der Waals surface area contributed by atoms with Crippen LogP contribution in [0.4, 0.5) is 0 Å². The molecule has 4 saturated heterocycles. The molecule has 8 fully saturated rings. The van der Waals surface area contributed by atoms with Crippen molar-refractivity contribution in [2.45, 2.75) is 220 Å². The largest absolute Gasteiger partial charge is 0.463 e. The Morgan fingerprint density at radius 2 is 1.04 bits per heavy atom. The summed E-state index contributed by atoms with van der Waals surface area (Å²) in [6.45, 7) is 17.3. The highest BCUT2D eigenvalue weighted by atomic mass is 16.8. The van der Waals surface area contributed by atoms with Crippen LogP contribution in [0.3, 0.4) is 0 Å². The van der Waals surface area contributed by atoms with Gasteiger partial charge in [-0.3, -0.25) is 33.6 Å². The lowest BCUT2D eigenvalue weighted by atomic mass is 9.44.